The van der Waals surface area contributed by atoms with Crippen LogP contribution in [0.5, 0.6) is 0 Å². The van der Waals surface area contributed by atoms with Crippen LogP contribution in [0.25, 0.3) is 0 Å². The van der Waals surface area contributed by atoms with E-state index in [1.54, 1.807) is 0 Å². The lowest BCUT2D eigenvalue weighted by molar-refractivity contribution is 0.135. The van der Waals surface area contributed by atoms with Gasteiger partial charge in [-0.05, 0) is 19.0 Å². The standard InChI is InChI=1S/C13H20N2O2/c1-3-12(9-14-2)15-13(16)17-10-11-7-5-4-6-8-11/h4-8,12,14H,3,9-10H2,1-2H3,(H,15,16). The summed E-state index contributed by atoms with van der Waals surface area (Å²) in [5.74, 6) is 0. The fourth-order valence-electron chi connectivity index (χ4n) is 1.48. The van der Waals surface area contributed by atoms with Gasteiger partial charge in [-0.3, -0.25) is 0 Å². The van der Waals surface area contributed by atoms with Gasteiger partial charge in [0, 0.05) is 12.6 Å². The summed E-state index contributed by atoms with van der Waals surface area (Å²) in [5, 5.41) is 5.84. The molecule has 0 aliphatic carbocycles. The van der Waals surface area contributed by atoms with Crippen LogP contribution in [0, 0.1) is 0 Å². The fourth-order valence-corrected chi connectivity index (χ4v) is 1.48. The van der Waals surface area contributed by atoms with Crippen LogP contribution in [0.4, 0.5) is 4.79 Å². The summed E-state index contributed by atoms with van der Waals surface area (Å²) in [6, 6.07) is 9.75. The minimum atomic E-state index is -0.365. The quantitative estimate of drug-likeness (QED) is 0.793. The maximum Gasteiger partial charge on any atom is 0.407 e. The molecule has 0 aromatic heterocycles. The first-order valence-electron chi connectivity index (χ1n) is 5.88. The van der Waals surface area contributed by atoms with Gasteiger partial charge < -0.3 is 15.4 Å². The number of nitrogens with one attached hydrogen (secondary N) is 2. The molecule has 1 unspecified atom stereocenters. The lowest BCUT2D eigenvalue weighted by Crippen LogP contribution is -2.40. The molecule has 2 N–H and O–H groups in total. The van der Waals surface area contributed by atoms with Gasteiger partial charge in [-0.2, -0.15) is 0 Å². The third-order valence-electron chi connectivity index (χ3n) is 2.48. The van der Waals surface area contributed by atoms with E-state index in [1.165, 1.54) is 0 Å². The second-order valence-corrected chi connectivity index (χ2v) is 3.87. The Hall–Kier alpha value is -1.55. The molecule has 0 heterocycles. The monoisotopic (exact) mass is 236 g/mol. The van der Waals surface area contributed by atoms with Crippen molar-refractivity contribution in [3.8, 4) is 0 Å². The molecule has 1 amide bonds. The Morgan fingerprint density at radius 3 is 2.65 bits per heavy atom. The number of alkyl carbamates (subject to hydrolysis) is 1. The number of carbonyl (C=O) groups excluding carboxylic acids is 1. The van der Waals surface area contributed by atoms with Crippen molar-refractivity contribution < 1.29 is 9.53 Å². The molecule has 1 rings (SSSR count). The normalized spacial score (nSPS) is 11.9. The zero-order valence-corrected chi connectivity index (χ0v) is 10.4. The van der Waals surface area contributed by atoms with Crippen molar-refractivity contribution in [3.05, 3.63) is 35.9 Å². The summed E-state index contributed by atoms with van der Waals surface area (Å²) in [7, 11) is 1.86. The summed E-state index contributed by atoms with van der Waals surface area (Å²) < 4.78 is 5.13. The van der Waals surface area contributed by atoms with Crippen molar-refractivity contribution in [2.75, 3.05) is 13.6 Å². The number of benzene rings is 1. The van der Waals surface area contributed by atoms with Crippen molar-refractivity contribution in [1.82, 2.24) is 10.6 Å². The number of hydrogen-bond donors (Lipinski definition) is 2. The van der Waals surface area contributed by atoms with Gasteiger partial charge in [-0.25, -0.2) is 4.79 Å². The van der Waals surface area contributed by atoms with Crippen LogP contribution in [-0.2, 0) is 11.3 Å². The molecule has 0 saturated carbocycles. The Labute approximate surface area is 102 Å². The molecule has 4 nitrogen and oxygen atoms in total. The number of likely N-dealkylation sites (N-methyl/N-ethyl adjacent to an activating group) is 1. The Kier molecular flexibility index (Phi) is 6.10. The number of hydrogen-bond acceptors (Lipinski definition) is 3. The molecular formula is C13H20N2O2. The highest BCUT2D eigenvalue weighted by atomic mass is 16.5. The van der Waals surface area contributed by atoms with Crippen molar-refractivity contribution in [1.29, 1.82) is 0 Å². The minimum Gasteiger partial charge on any atom is -0.445 e. The largest absolute Gasteiger partial charge is 0.445 e. The van der Waals surface area contributed by atoms with Gasteiger partial charge >= 0.3 is 6.09 Å². The van der Waals surface area contributed by atoms with Gasteiger partial charge in [-0.1, -0.05) is 37.3 Å². The Morgan fingerprint density at radius 2 is 2.06 bits per heavy atom. The van der Waals surface area contributed by atoms with Crippen LogP contribution in [0.3, 0.4) is 0 Å². The van der Waals surface area contributed by atoms with E-state index in [0.29, 0.717) is 6.61 Å². The first kappa shape index (κ1) is 13.5. The van der Waals surface area contributed by atoms with E-state index >= 15 is 0 Å². The summed E-state index contributed by atoms with van der Waals surface area (Å²) in [5.41, 5.74) is 0.990. The summed E-state index contributed by atoms with van der Waals surface area (Å²) in [6.07, 6.45) is 0.511. The molecule has 0 fully saturated rings. The molecule has 0 radical (unpaired) electrons. The van der Waals surface area contributed by atoms with Crippen LogP contribution in [0.2, 0.25) is 0 Å². The predicted octanol–water partition coefficient (Wildman–Crippen LogP) is 1.91. The molecule has 4 heteroatoms. The maximum absolute atomic E-state index is 11.5. The first-order valence-corrected chi connectivity index (χ1v) is 5.88. The van der Waals surface area contributed by atoms with Crippen molar-refractivity contribution in [3.63, 3.8) is 0 Å². The third kappa shape index (κ3) is 5.36. The molecule has 1 aromatic rings. The molecular weight excluding hydrogens is 216 g/mol. The van der Waals surface area contributed by atoms with E-state index in [9.17, 15) is 4.79 Å². The minimum absolute atomic E-state index is 0.114. The first-order chi connectivity index (χ1) is 8.26. The van der Waals surface area contributed by atoms with Gasteiger partial charge in [0.15, 0.2) is 0 Å². The van der Waals surface area contributed by atoms with Gasteiger partial charge in [0.2, 0.25) is 0 Å². The Morgan fingerprint density at radius 1 is 1.35 bits per heavy atom. The van der Waals surface area contributed by atoms with Crippen LogP contribution in [0.15, 0.2) is 30.3 Å². The van der Waals surface area contributed by atoms with Crippen molar-refractivity contribution in [2.24, 2.45) is 0 Å². The van der Waals surface area contributed by atoms with Gasteiger partial charge in [0.1, 0.15) is 6.61 Å². The molecule has 1 aromatic carbocycles. The van der Waals surface area contributed by atoms with Crippen LogP contribution >= 0.6 is 0 Å². The van der Waals surface area contributed by atoms with E-state index in [-0.39, 0.29) is 12.1 Å². The van der Waals surface area contributed by atoms with E-state index in [2.05, 4.69) is 10.6 Å². The number of rotatable bonds is 6. The summed E-state index contributed by atoms with van der Waals surface area (Å²) in [6.45, 7) is 3.08. The predicted molar refractivity (Wildman–Crippen MR) is 67.8 cm³/mol. The highest BCUT2D eigenvalue weighted by molar-refractivity contribution is 5.67. The number of ether oxygens (including phenoxy) is 1. The highest BCUT2D eigenvalue weighted by Crippen LogP contribution is 2.01. The van der Waals surface area contributed by atoms with E-state index in [4.69, 9.17) is 4.74 Å². The highest BCUT2D eigenvalue weighted by Gasteiger charge is 2.09. The smallest absolute Gasteiger partial charge is 0.407 e. The van der Waals surface area contributed by atoms with Crippen LogP contribution in [-0.4, -0.2) is 25.7 Å². The average molecular weight is 236 g/mol. The second-order valence-electron chi connectivity index (χ2n) is 3.87. The van der Waals surface area contributed by atoms with Crippen LogP contribution < -0.4 is 10.6 Å². The summed E-state index contributed by atoms with van der Waals surface area (Å²) >= 11 is 0. The Balaban J connectivity index is 2.30. The lowest BCUT2D eigenvalue weighted by Gasteiger charge is -2.16. The zero-order chi connectivity index (χ0) is 12.5. The SMILES string of the molecule is CCC(CNC)NC(=O)OCc1ccccc1. The number of amides is 1. The third-order valence-corrected chi connectivity index (χ3v) is 2.48. The average Bonchev–Trinajstić information content (AvgIpc) is 2.37. The van der Waals surface area contributed by atoms with E-state index in [0.717, 1.165) is 18.5 Å². The summed E-state index contributed by atoms with van der Waals surface area (Å²) in [4.78, 5) is 11.5. The van der Waals surface area contributed by atoms with Crippen LogP contribution in [0.1, 0.15) is 18.9 Å². The molecule has 17 heavy (non-hydrogen) atoms. The second kappa shape index (κ2) is 7.68. The molecule has 0 aliphatic heterocycles. The molecule has 94 valence electrons. The van der Waals surface area contributed by atoms with Gasteiger partial charge in [0.05, 0.1) is 0 Å². The van der Waals surface area contributed by atoms with Gasteiger partial charge in [-0.15, -0.1) is 0 Å². The molecule has 1 atom stereocenters. The molecule has 0 saturated heterocycles. The van der Waals surface area contributed by atoms with Gasteiger partial charge in [0.25, 0.3) is 0 Å². The zero-order valence-electron chi connectivity index (χ0n) is 10.4. The van der Waals surface area contributed by atoms with Crippen molar-refractivity contribution in [2.45, 2.75) is 26.0 Å². The maximum atomic E-state index is 11.5. The topological polar surface area (TPSA) is 50.4 Å². The lowest BCUT2D eigenvalue weighted by atomic mass is 10.2. The van der Waals surface area contributed by atoms with Crippen molar-refractivity contribution >= 4 is 6.09 Å². The van der Waals surface area contributed by atoms with E-state index < -0.39 is 0 Å². The molecule has 0 aliphatic rings. The van der Waals surface area contributed by atoms with E-state index in [1.807, 2.05) is 44.3 Å². The molecule has 0 spiro atoms. The fraction of sp³-hybridized carbons (Fsp3) is 0.462. The molecule has 0 bridgehead atoms. The Bertz CT molecular complexity index is 327. The number of carbonyl (C=O) groups is 1.